The van der Waals surface area contributed by atoms with Gasteiger partial charge in [-0.1, -0.05) is 0 Å². The smallest absolute Gasteiger partial charge is 0.358 e. The van der Waals surface area contributed by atoms with E-state index in [2.05, 4.69) is 15.6 Å². The Balaban J connectivity index is 1.93. The Labute approximate surface area is 140 Å². The molecular formula is C14H15N3O4S2. The highest BCUT2D eigenvalue weighted by molar-refractivity contribution is 7.14. The molecule has 7 nitrogen and oxygen atoms in total. The molecule has 2 aromatic heterocycles. The molecule has 1 atom stereocenters. The van der Waals surface area contributed by atoms with Crippen LogP contribution in [0.25, 0.3) is 10.6 Å². The summed E-state index contributed by atoms with van der Waals surface area (Å²) in [7, 11) is 0. The van der Waals surface area contributed by atoms with Crippen LogP contribution in [0.2, 0.25) is 0 Å². The zero-order valence-corrected chi connectivity index (χ0v) is 14.1. The third-order valence-electron chi connectivity index (χ3n) is 2.71. The van der Waals surface area contributed by atoms with Crippen molar-refractivity contribution in [3.05, 3.63) is 27.9 Å². The lowest BCUT2D eigenvalue weighted by molar-refractivity contribution is -0.127. The second-order valence-corrected chi connectivity index (χ2v) is 6.08. The Morgan fingerprint density at radius 3 is 2.78 bits per heavy atom. The van der Waals surface area contributed by atoms with Crippen molar-refractivity contribution in [2.75, 3.05) is 6.54 Å². The van der Waals surface area contributed by atoms with Gasteiger partial charge < -0.3 is 10.1 Å². The monoisotopic (exact) mass is 353 g/mol. The predicted octanol–water partition coefficient (Wildman–Crippen LogP) is 2.26. The van der Waals surface area contributed by atoms with Gasteiger partial charge in [0, 0.05) is 22.9 Å². The predicted molar refractivity (Wildman–Crippen MR) is 87.5 cm³/mol. The molecule has 0 saturated carbocycles. The van der Waals surface area contributed by atoms with Crippen LogP contribution in [0.5, 0.6) is 0 Å². The van der Waals surface area contributed by atoms with Gasteiger partial charge in [0.25, 0.3) is 5.91 Å². The summed E-state index contributed by atoms with van der Waals surface area (Å²) >= 11 is 2.85. The average Bonchev–Trinajstić information content (AvgIpc) is 3.18. The summed E-state index contributed by atoms with van der Waals surface area (Å²) in [6.07, 6.45) is -1.10. The summed E-state index contributed by atoms with van der Waals surface area (Å²) < 4.78 is 5.02. The van der Waals surface area contributed by atoms with Gasteiger partial charge in [0.1, 0.15) is 5.01 Å². The van der Waals surface area contributed by atoms with E-state index in [0.29, 0.717) is 11.6 Å². The minimum atomic E-state index is -1.10. The second-order valence-electron chi connectivity index (χ2n) is 4.45. The fraction of sp³-hybridized carbons (Fsp3) is 0.286. The van der Waals surface area contributed by atoms with Gasteiger partial charge in [-0.15, -0.1) is 11.3 Å². The van der Waals surface area contributed by atoms with Gasteiger partial charge >= 0.3 is 12.0 Å². The Morgan fingerprint density at radius 1 is 1.35 bits per heavy atom. The Hall–Kier alpha value is -2.26. The van der Waals surface area contributed by atoms with Crippen molar-refractivity contribution >= 4 is 40.6 Å². The van der Waals surface area contributed by atoms with E-state index in [1.165, 1.54) is 29.6 Å². The van der Waals surface area contributed by atoms with E-state index in [1.54, 1.807) is 12.3 Å². The van der Waals surface area contributed by atoms with Crippen LogP contribution in [0.4, 0.5) is 4.79 Å². The highest BCUT2D eigenvalue weighted by atomic mass is 32.1. The number of thiazole rings is 1. The molecule has 0 spiro atoms. The number of amides is 3. The first kappa shape index (κ1) is 17.1. The summed E-state index contributed by atoms with van der Waals surface area (Å²) in [6.45, 7) is 3.50. The summed E-state index contributed by atoms with van der Waals surface area (Å²) in [4.78, 5) is 39.2. The number of ether oxygens (including phenoxy) is 1. The van der Waals surface area contributed by atoms with Crippen LogP contribution in [0.3, 0.4) is 0 Å². The van der Waals surface area contributed by atoms with E-state index < -0.39 is 24.0 Å². The number of thiophene rings is 1. The van der Waals surface area contributed by atoms with Gasteiger partial charge in [-0.05, 0) is 25.3 Å². The zero-order valence-electron chi connectivity index (χ0n) is 12.5. The van der Waals surface area contributed by atoms with Crippen LogP contribution >= 0.6 is 22.7 Å². The molecule has 0 aliphatic rings. The molecular weight excluding hydrogens is 338 g/mol. The molecule has 122 valence electrons. The third kappa shape index (κ3) is 4.60. The Morgan fingerprint density at radius 2 is 2.13 bits per heavy atom. The summed E-state index contributed by atoms with van der Waals surface area (Å²) in [5.74, 6) is -1.40. The van der Waals surface area contributed by atoms with Crippen LogP contribution in [0.1, 0.15) is 24.3 Å². The number of aromatic nitrogens is 1. The standard InChI is InChI=1S/C14H15N3O4S2/c1-3-15-14(20)17-11(18)8(2)21-13(19)10-7-23-12(16-10)9-4-5-22-6-9/h4-8H,3H2,1-2H3,(H2,15,17,18,20)/t8-/m0/s1. The molecule has 0 radical (unpaired) electrons. The van der Waals surface area contributed by atoms with Crippen molar-refractivity contribution in [1.82, 2.24) is 15.6 Å². The molecule has 2 heterocycles. The second kappa shape index (κ2) is 7.84. The third-order valence-corrected chi connectivity index (χ3v) is 4.28. The first-order valence-corrected chi connectivity index (χ1v) is 8.61. The molecule has 23 heavy (non-hydrogen) atoms. The van der Waals surface area contributed by atoms with Crippen LogP contribution in [-0.2, 0) is 9.53 Å². The highest BCUT2D eigenvalue weighted by Crippen LogP contribution is 2.25. The van der Waals surface area contributed by atoms with Gasteiger partial charge in [-0.3, -0.25) is 10.1 Å². The van der Waals surface area contributed by atoms with E-state index in [4.69, 9.17) is 4.74 Å². The molecule has 3 amide bonds. The molecule has 0 aliphatic carbocycles. The minimum absolute atomic E-state index is 0.133. The summed E-state index contributed by atoms with van der Waals surface area (Å²) in [5, 5.41) is 10.6. The highest BCUT2D eigenvalue weighted by Gasteiger charge is 2.22. The number of nitrogens with one attached hydrogen (secondary N) is 2. The van der Waals surface area contributed by atoms with Gasteiger partial charge in [0.15, 0.2) is 11.8 Å². The van der Waals surface area contributed by atoms with E-state index >= 15 is 0 Å². The maximum Gasteiger partial charge on any atom is 0.358 e. The maximum absolute atomic E-state index is 12.0. The molecule has 9 heteroatoms. The molecule has 2 aromatic rings. The first-order chi connectivity index (χ1) is 11.0. The number of imide groups is 1. The number of rotatable bonds is 5. The zero-order chi connectivity index (χ0) is 16.8. The average molecular weight is 353 g/mol. The van der Waals surface area contributed by atoms with Crippen LogP contribution < -0.4 is 10.6 Å². The molecule has 0 unspecified atom stereocenters. The van der Waals surface area contributed by atoms with Crippen molar-refractivity contribution in [2.45, 2.75) is 20.0 Å². The van der Waals surface area contributed by atoms with Gasteiger partial charge in [-0.2, -0.15) is 11.3 Å². The molecule has 2 N–H and O–H groups in total. The number of carbonyl (C=O) groups is 3. The van der Waals surface area contributed by atoms with Gasteiger partial charge in [0.05, 0.1) is 0 Å². The lowest BCUT2D eigenvalue weighted by Gasteiger charge is -2.12. The lowest BCUT2D eigenvalue weighted by Crippen LogP contribution is -2.44. The van der Waals surface area contributed by atoms with E-state index in [1.807, 2.05) is 16.8 Å². The summed E-state index contributed by atoms with van der Waals surface area (Å²) in [6, 6.07) is 1.27. The molecule has 0 bridgehead atoms. The minimum Gasteiger partial charge on any atom is -0.448 e. The topological polar surface area (TPSA) is 97.4 Å². The van der Waals surface area contributed by atoms with E-state index in [9.17, 15) is 14.4 Å². The Bertz CT molecular complexity index is 697. The fourth-order valence-electron chi connectivity index (χ4n) is 1.58. The fourth-order valence-corrected chi connectivity index (χ4v) is 3.08. The normalized spacial score (nSPS) is 11.6. The number of nitrogens with zero attached hydrogens (tertiary/aromatic N) is 1. The molecule has 2 rings (SSSR count). The van der Waals surface area contributed by atoms with Crippen molar-refractivity contribution in [3.8, 4) is 10.6 Å². The number of hydrogen-bond donors (Lipinski definition) is 2. The summed E-state index contributed by atoms with van der Waals surface area (Å²) in [5.41, 5.74) is 1.06. The number of hydrogen-bond acceptors (Lipinski definition) is 7. The molecule has 0 aliphatic heterocycles. The van der Waals surface area contributed by atoms with E-state index in [0.717, 1.165) is 5.56 Å². The lowest BCUT2D eigenvalue weighted by atomic mass is 10.3. The quantitative estimate of drug-likeness (QED) is 0.804. The van der Waals surface area contributed by atoms with Gasteiger partial charge in [-0.25, -0.2) is 14.6 Å². The number of urea groups is 1. The molecule has 0 aromatic carbocycles. The van der Waals surface area contributed by atoms with Gasteiger partial charge in [0.2, 0.25) is 0 Å². The Kier molecular flexibility index (Phi) is 5.83. The van der Waals surface area contributed by atoms with Crippen LogP contribution in [0.15, 0.2) is 22.2 Å². The van der Waals surface area contributed by atoms with Crippen molar-refractivity contribution in [1.29, 1.82) is 0 Å². The van der Waals surface area contributed by atoms with Crippen LogP contribution in [-0.4, -0.2) is 35.5 Å². The largest absolute Gasteiger partial charge is 0.448 e. The number of carbonyl (C=O) groups excluding carboxylic acids is 3. The van der Waals surface area contributed by atoms with Crippen molar-refractivity contribution < 1.29 is 19.1 Å². The SMILES string of the molecule is CCNC(=O)NC(=O)[C@H](C)OC(=O)c1csc(-c2ccsc2)n1. The molecule has 0 saturated heterocycles. The van der Waals surface area contributed by atoms with Crippen LogP contribution in [0, 0.1) is 0 Å². The maximum atomic E-state index is 12.0. The molecule has 0 fully saturated rings. The van der Waals surface area contributed by atoms with Crippen molar-refractivity contribution in [2.24, 2.45) is 0 Å². The van der Waals surface area contributed by atoms with E-state index in [-0.39, 0.29) is 5.69 Å². The first-order valence-electron chi connectivity index (χ1n) is 6.79. The number of esters is 1. The van der Waals surface area contributed by atoms with Crippen molar-refractivity contribution in [3.63, 3.8) is 0 Å².